The second-order valence-corrected chi connectivity index (χ2v) is 8.90. The van der Waals surface area contributed by atoms with Crippen LogP contribution in [0.3, 0.4) is 0 Å². The van der Waals surface area contributed by atoms with Crippen molar-refractivity contribution in [3.8, 4) is 16.9 Å². The van der Waals surface area contributed by atoms with Gasteiger partial charge in [-0.15, -0.1) is 0 Å². The van der Waals surface area contributed by atoms with E-state index in [1.54, 1.807) is 17.0 Å². The minimum Gasteiger partial charge on any atom is -0.492 e. The van der Waals surface area contributed by atoms with E-state index in [2.05, 4.69) is 9.97 Å². The van der Waals surface area contributed by atoms with Gasteiger partial charge in [-0.05, 0) is 36.6 Å². The summed E-state index contributed by atoms with van der Waals surface area (Å²) in [6.45, 7) is 1.61. The van der Waals surface area contributed by atoms with Crippen LogP contribution in [0.5, 0.6) is 5.75 Å². The number of aromatic amines is 1. The van der Waals surface area contributed by atoms with Crippen molar-refractivity contribution in [2.24, 2.45) is 0 Å². The van der Waals surface area contributed by atoms with Crippen molar-refractivity contribution in [3.05, 3.63) is 95.0 Å². The Hall–Kier alpha value is -3.97. The van der Waals surface area contributed by atoms with Crippen LogP contribution in [-0.4, -0.2) is 46.6 Å². The number of amides is 1. The molecule has 3 aromatic carbocycles. The average Bonchev–Trinajstić information content (AvgIpc) is 3.42. The van der Waals surface area contributed by atoms with Gasteiger partial charge in [0, 0.05) is 18.7 Å². The number of fused-ring (bicyclic) bond motifs is 1. The molecule has 1 aliphatic heterocycles. The highest BCUT2D eigenvalue weighted by Crippen LogP contribution is 2.29. The zero-order chi connectivity index (χ0) is 24.7. The second kappa shape index (κ2) is 11.2. The standard InChI is InChI=1S/C29H29N3O4/c33-28(16-18-36-26-15-7-5-12-23(26)21-9-2-1-3-10-21)32(19-22-11-8-17-35-22)20-27-30-25-14-6-4-13-24(25)29(34)31-27/h1-7,9-10,12-15,22H,8,11,16-20H2,(H,30,31,34)/t22-/m1/s1. The number of benzene rings is 3. The minimum absolute atomic E-state index is 0.0131. The summed E-state index contributed by atoms with van der Waals surface area (Å²) >= 11 is 0. The van der Waals surface area contributed by atoms with Crippen LogP contribution in [0.25, 0.3) is 22.0 Å². The second-order valence-electron chi connectivity index (χ2n) is 8.90. The number of hydrogen-bond acceptors (Lipinski definition) is 5. The third-order valence-corrected chi connectivity index (χ3v) is 6.35. The van der Waals surface area contributed by atoms with E-state index in [4.69, 9.17) is 9.47 Å². The maximum absolute atomic E-state index is 13.3. The van der Waals surface area contributed by atoms with Crippen LogP contribution in [0, 0.1) is 0 Å². The summed E-state index contributed by atoms with van der Waals surface area (Å²) in [5.74, 6) is 1.13. The fourth-order valence-electron chi connectivity index (χ4n) is 4.53. The lowest BCUT2D eigenvalue weighted by Gasteiger charge is -2.25. The number of para-hydroxylation sites is 2. The molecular weight excluding hydrogens is 454 g/mol. The number of ether oxygens (including phenoxy) is 2. The van der Waals surface area contributed by atoms with E-state index in [1.165, 1.54) is 0 Å². The Labute approximate surface area is 209 Å². The predicted molar refractivity (Wildman–Crippen MR) is 139 cm³/mol. The molecule has 0 unspecified atom stereocenters. The Morgan fingerprint density at radius 1 is 1.03 bits per heavy atom. The van der Waals surface area contributed by atoms with Crippen molar-refractivity contribution >= 4 is 16.8 Å². The van der Waals surface area contributed by atoms with Gasteiger partial charge in [0.05, 0.1) is 36.6 Å². The van der Waals surface area contributed by atoms with Crippen LogP contribution in [-0.2, 0) is 16.1 Å². The summed E-state index contributed by atoms with van der Waals surface area (Å²) in [6, 6.07) is 25.1. The van der Waals surface area contributed by atoms with Crippen molar-refractivity contribution in [2.75, 3.05) is 19.8 Å². The molecule has 1 aliphatic rings. The maximum Gasteiger partial charge on any atom is 0.258 e. The first kappa shape index (κ1) is 23.8. The van der Waals surface area contributed by atoms with Gasteiger partial charge in [-0.25, -0.2) is 4.98 Å². The summed E-state index contributed by atoms with van der Waals surface area (Å²) in [4.78, 5) is 35.0. The zero-order valence-electron chi connectivity index (χ0n) is 20.1. The average molecular weight is 484 g/mol. The number of nitrogens with zero attached hydrogens (tertiary/aromatic N) is 2. The van der Waals surface area contributed by atoms with Crippen LogP contribution < -0.4 is 10.3 Å². The highest BCUT2D eigenvalue weighted by molar-refractivity contribution is 5.78. The Balaban J connectivity index is 1.29. The topological polar surface area (TPSA) is 84.5 Å². The van der Waals surface area contributed by atoms with Gasteiger partial charge in [-0.2, -0.15) is 0 Å². The number of nitrogens with one attached hydrogen (secondary N) is 1. The first-order chi connectivity index (χ1) is 17.7. The van der Waals surface area contributed by atoms with E-state index in [-0.39, 0.29) is 37.1 Å². The molecule has 0 saturated carbocycles. The molecule has 4 aromatic rings. The van der Waals surface area contributed by atoms with E-state index >= 15 is 0 Å². The normalized spacial score (nSPS) is 15.2. The van der Waals surface area contributed by atoms with E-state index in [0.717, 1.165) is 29.7 Å². The predicted octanol–water partition coefficient (Wildman–Crippen LogP) is 4.57. The van der Waals surface area contributed by atoms with Crippen LogP contribution in [0.15, 0.2) is 83.7 Å². The smallest absolute Gasteiger partial charge is 0.258 e. The first-order valence-corrected chi connectivity index (χ1v) is 12.3. The zero-order valence-corrected chi connectivity index (χ0v) is 20.1. The molecular formula is C29H29N3O4. The van der Waals surface area contributed by atoms with Crippen LogP contribution in [0.2, 0.25) is 0 Å². The van der Waals surface area contributed by atoms with Gasteiger partial charge in [-0.1, -0.05) is 60.7 Å². The lowest BCUT2D eigenvalue weighted by Crippen LogP contribution is -2.38. The number of hydrogen-bond donors (Lipinski definition) is 1. The summed E-state index contributed by atoms with van der Waals surface area (Å²) in [6.07, 6.45) is 2.08. The number of aromatic nitrogens is 2. The molecule has 36 heavy (non-hydrogen) atoms. The van der Waals surface area contributed by atoms with Crippen molar-refractivity contribution < 1.29 is 14.3 Å². The Kier molecular flexibility index (Phi) is 7.38. The van der Waals surface area contributed by atoms with Gasteiger partial charge >= 0.3 is 0 Å². The van der Waals surface area contributed by atoms with Gasteiger partial charge in [0.15, 0.2) is 0 Å². The Morgan fingerprint density at radius 2 is 1.81 bits per heavy atom. The molecule has 7 nitrogen and oxygen atoms in total. The van der Waals surface area contributed by atoms with Crippen LogP contribution in [0.4, 0.5) is 0 Å². The molecule has 184 valence electrons. The monoisotopic (exact) mass is 483 g/mol. The SMILES string of the molecule is O=C(CCOc1ccccc1-c1ccccc1)N(Cc1nc2ccccc2c(=O)[nH]1)C[C@H]1CCCO1. The van der Waals surface area contributed by atoms with Gasteiger partial charge in [0.1, 0.15) is 11.6 Å². The third kappa shape index (κ3) is 5.63. The quantitative estimate of drug-likeness (QED) is 0.377. The number of H-pyrrole nitrogens is 1. The third-order valence-electron chi connectivity index (χ3n) is 6.35. The highest BCUT2D eigenvalue weighted by atomic mass is 16.5. The lowest BCUT2D eigenvalue weighted by molar-refractivity contribution is -0.134. The number of rotatable bonds is 9. The molecule has 5 rings (SSSR count). The lowest BCUT2D eigenvalue weighted by atomic mass is 10.1. The van der Waals surface area contributed by atoms with E-state index in [1.807, 2.05) is 66.7 Å². The summed E-state index contributed by atoms with van der Waals surface area (Å²) < 4.78 is 11.8. The fourth-order valence-corrected chi connectivity index (χ4v) is 4.53. The van der Waals surface area contributed by atoms with Gasteiger partial charge < -0.3 is 19.4 Å². The highest BCUT2D eigenvalue weighted by Gasteiger charge is 2.24. The largest absolute Gasteiger partial charge is 0.492 e. The van der Waals surface area contributed by atoms with Crippen LogP contribution in [0.1, 0.15) is 25.1 Å². The maximum atomic E-state index is 13.3. The van der Waals surface area contributed by atoms with Gasteiger partial charge in [0.2, 0.25) is 5.91 Å². The summed E-state index contributed by atoms with van der Waals surface area (Å²) in [5.41, 5.74) is 2.45. The molecule has 0 bridgehead atoms. The summed E-state index contributed by atoms with van der Waals surface area (Å²) in [5, 5.41) is 0.531. The Bertz CT molecular complexity index is 1380. The molecule has 1 saturated heterocycles. The van der Waals surface area contributed by atoms with E-state index < -0.39 is 0 Å². The van der Waals surface area contributed by atoms with E-state index in [0.29, 0.717) is 29.9 Å². The molecule has 0 aliphatic carbocycles. The molecule has 1 N–H and O–H groups in total. The van der Waals surface area contributed by atoms with Crippen molar-refractivity contribution in [3.63, 3.8) is 0 Å². The summed E-state index contributed by atoms with van der Waals surface area (Å²) in [7, 11) is 0. The first-order valence-electron chi connectivity index (χ1n) is 12.3. The molecule has 7 heteroatoms. The van der Waals surface area contributed by atoms with Gasteiger partial charge in [-0.3, -0.25) is 9.59 Å². The van der Waals surface area contributed by atoms with Crippen molar-refractivity contribution in [2.45, 2.75) is 31.9 Å². The van der Waals surface area contributed by atoms with Crippen LogP contribution >= 0.6 is 0 Å². The molecule has 0 spiro atoms. The molecule has 1 aromatic heterocycles. The Morgan fingerprint density at radius 3 is 2.64 bits per heavy atom. The molecule has 1 fully saturated rings. The molecule has 0 radical (unpaired) electrons. The van der Waals surface area contributed by atoms with Crippen molar-refractivity contribution in [1.82, 2.24) is 14.9 Å². The number of carbonyl (C=O) groups excluding carboxylic acids is 1. The van der Waals surface area contributed by atoms with E-state index in [9.17, 15) is 9.59 Å². The fraction of sp³-hybridized carbons (Fsp3) is 0.276. The molecule has 2 heterocycles. The number of carbonyl (C=O) groups is 1. The minimum atomic E-state index is -0.207. The van der Waals surface area contributed by atoms with Crippen molar-refractivity contribution in [1.29, 1.82) is 0 Å². The molecule has 1 atom stereocenters. The molecule has 1 amide bonds. The van der Waals surface area contributed by atoms with Gasteiger partial charge in [0.25, 0.3) is 5.56 Å².